The van der Waals surface area contributed by atoms with Crippen LogP contribution in [0, 0.1) is 5.92 Å². The Hall–Kier alpha value is -3.77. The Balaban J connectivity index is 1.67. The number of para-hydroxylation sites is 2. The number of carbonyl (C=O) groups is 2. The zero-order valence-corrected chi connectivity index (χ0v) is 21.1. The summed E-state index contributed by atoms with van der Waals surface area (Å²) in [5, 5.41) is 4.10. The maximum Gasteiger partial charge on any atom is 0.224 e. The average Bonchev–Trinajstić information content (AvgIpc) is 3.03. The van der Waals surface area contributed by atoms with Crippen molar-refractivity contribution in [3.05, 3.63) is 94.7 Å². The Labute approximate surface area is 215 Å². The number of benzene rings is 3. The molecule has 2 aliphatic rings. The molecule has 3 atom stereocenters. The molecule has 184 valence electrons. The number of methoxy groups -OCH3 is 2. The number of nitrogens with one attached hydrogen (secondary N) is 1. The van der Waals surface area contributed by atoms with Crippen molar-refractivity contribution in [1.29, 1.82) is 0 Å². The zero-order chi connectivity index (χ0) is 25.4. The molecule has 0 spiro atoms. The molecule has 3 aromatic carbocycles. The van der Waals surface area contributed by atoms with Gasteiger partial charge < -0.3 is 19.7 Å². The standard InChI is InChI=1S/C29H27ClN2O4/c1-17(33)32-24-7-5-4-6-22(24)31-23-14-20(19-10-13-26(35-2)27(16-19)36-3)15-25(34)28(23)29(32)18-8-11-21(30)12-9-18/h4-14,16,20,28-29,31H,15H2,1-3H3. The summed E-state index contributed by atoms with van der Waals surface area (Å²) in [5.74, 6) is 0.454. The minimum atomic E-state index is -0.557. The fraction of sp³-hybridized carbons (Fsp3) is 0.241. The van der Waals surface area contributed by atoms with Crippen molar-refractivity contribution in [2.75, 3.05) is 24.4 Å². The van der Waals surface area contributed by atoms with Crippen molar-refractivity contribution in [3.8, 4) is 11.5 Å². The zero-order valence-electron chi connectivity index (χ0n) is 20.3. The second kappa shape index (κ2) is 9.70. The normalized spacial score (nSPS) is 20.9. The minimum absolute atomic E-state index is 0.0544. The Morgan fingerprint density at radius 1 is 0.972 bits per heavy atom. The number of allylic oxidation sites excluding steroid dienone is 1. The number of hydrogen-bond acceptors (Lipinski definition) is 5. The predicted molar refractivity (Wildman–Crippen MR) is 141 cm³/mol. The molecule has 1 amide bonds. The second-order valence-corrected chi connectivity index (χ2v) is 9.46. The van der Waals surface area contributed by atoms with E-state index in [1.165, 1.54) is 6.92 Å². The summed E-state index contributed by atoms with van der Waals surface area (Å²) in [7, 11) is 3.19. The molecule has 1 N–H and O–H groups in total. The van der Waals surface area contributed by atoms with Crippen LogP contribution in [0.25, 0.3) is 0 Å². The number of ether oxygens (including phenoxy) is 2. The van der Waals surface area contributed by atoms with E-state index in [0.717, 1.165) is 28.2 Å². The van der Waals surface area contributed by atoms with Gasteiger partial charge in [0.2, 0.25) is 5.91 Å². The summed E-state index contributed by atoms with van der Waals surface area (Å²) in [6, 6.07) is 20.2. The number of nitrogens with zero attached hydrogens (tertiary/aromatic N) is 1. The molecule has 0 fully saturated rings. The van der Waals surface area contributed by atoms with E-state index in [-0.39, 0.29) is 17.6 Å². The Morgan fingerprint density at radius 2 is 1.67 bits per heavy atom. The van der Waals surface area contributed by atoms with Gasteiger partial charge in [0, 0.05) is 30.0 Å². The number of Topliss-reactive ketones (excluding diaryl/α,β-unsaturated/α-hetero) is 1. The lowest BCUT2D eigenvalue weighted by Crippen LogP contribution is -2.41. The summed E-state index contributed by atoms with van der Waals surface area (Å²) in [4.78, 5) is 28.7. The number of amides is 1. The average molecular weight is 503 g/mol. The Kier molecular flexibility index (Phi) is 6.46. The first kappa shape index (κ1) is 23.9. The highest BCUT2D eigenvalue weighted by atomic mass is 35.5. The van der Waals surface area contributed by atoms with Gasteiger partial charge in [0.15, 0.2) is 11.5 Å². The molecule has 1 aliphatic carbocycles. The van der Waals surface area contributed by atoms with Gasteiger partial charge in [0.25, 0.3) is 0 Å². The fourth-order valence-electron chi connectivity index (χ4n) is 5.27. The van der Waals surface area contributed by atoms with Crippen molar-refractivity contribution < 1.29 is 19.1 Å². The molecule has 5 rings (SSSR count). The van der Waals surface area contributed by atoms with Gasteiger partial charge in [-0.1, -0.05) is 48.0 Å². The maximum atomic E-state index is 13.9. The van der Waals surface area contributed by atoms with Crippen LogP contribution in [0.4, 0.5) is 11.4 Å². The van der Waals surface area contributed by atoms with Crippen LogP contribution in [0.15, 0.2) is 78.5 Å². The van der Waals surface area contributed by atoms with Crippen molar-refractivity contribution in [2.45, 2.75) is 25.3 Å². The minimum Gasteiger partial charge on any atom is -0.493 e. The summed E-state index contributed by atoms with van der Waals surface area (Å²) < 4.78 is 10.9. The number of fused-ring (bicyclic) bond motifs is 2. The van der Waals surface area contributed by atoms with Crippen molar-refractivity contribution in [2.24, 2.45) is 5.92 Å². The van der Waals surface area contributed by atoms with E-state index in [4.69, 9.17) is 21.1 Å². The molecule has 0 bridgehead atoms. The third-order valence-corrected chi connectivity index (χ3v) is 7.16. The van der Waals surface area contributed by atoms with Crippen LogP contribution in [0.1, 0.15) is 36.4 Å². The monoisotopic (exact) mass is 502 g/mol. The molecule has 1 heterocycles. The molecule has 0 saturated heterocycles. The van der Waals surface area contributed by atoms with Gasteiger partial charge in [0.05, 0.1) is 37.6 Å². The lowest BCUT2D eigenvalue weighted by molar-refractivity contribution is -0.123. The van der Waals surface area contributed by atoms with Crippen LogP contribution in [0.3, 0.4) is 0 Å². The van der Waals surface area contributed by atoms with Gasteiger partial charge in [-0.25, -0.2) is 0 Å². The van der Waals surface area contributed by atoms with Crippen LogP contribution >= 0.6 is 11.6 Å². The van der Waals surface area contributed by atoms with E-state index < -0.39 is 12.0 Å². The van der Waals surface area contributed by atoms with Gasteiger partial charge in [-0.3, -0.25) is 9.59 Å². The molecule has 0 radical (unpaired) electrons. The number of carbonyl (C=O) groups excluding carboxylic acids is 2. The molecule has 6 nitrogen and oxygen atoms in total. The summed E-state index contributed by atoms with van der Waals surface area (Å²) in [6.45, 7) is 1.54. The highest BCUT2D eigenvalue weighted by molar-refractivity contribution is 6.30. The molecule has 0 aromatic heterocycles. The van der Waals surface area contributed by atoms with Crippen molar-refractivity contribution in [3.63, 3.8) is 0 Å². The summed E-state index contributed by atoms with van der Waals surface area (Å²) >= 11 is 6.17. The van der Waals surface area contributed by atoms with Gasteiger partial charge in [0.1, 0.15) is 5.78 Å². The van der Waals surface area contributed by atoms with Crippen molar-refractivity contribution in [1.82, 2.24) is 0 Å². The van der Waals surface area contributed by atoms with Gasteiger partial charge in [-0.2, -0.15) is 0 Å². The molecule has 7 heteroatoms. The lowest BCUT2D eigenvalue weighted by Gasteiger charge is -2.37. The summed E-state index contributed by atoms with van der Waals surface area (Å²) in [6.07, 6.45) is 2.41. The number of rotatable bonds is 4. The third-order valence-electron chi connectivity index (χ3n) is 6.91. The van der Waals surface area contributed by atoms with Crippen LogP contribution in [-0.4, -0.2) is 25.9 Å². The number of hydrogen-bond donors (Lipinski definition) is 1. The molecule has 0 saturated carbocycles. The summed E-state index contributed by atoms with van der Waals surface area (Å²) in [5.41, 5.74) is 4.10. The maximum absolute atomic E-state index is 13.9. The lowest BCUT2D eigenvalue weighted by atomic mass is 9.76. The number of anilines is 2. The molecule has 3 unspecified atom stereocenters. The molecule has 1 aliphatic heterocycles. The van der Waals surface area contributed by atoms with Crippen LogP contribution in [0.2, 0.25) is 5.02 Å². The van der Waals surface area contributed by atoms with Gasteiger partial charge in [-0.05, 0) is 47.5 Å². The number of ketones is 1. The van der Waals surface area contributed by atoms with Crippen LogP contribution in [-0.2, 0) is 9.59 Å². The van der Waals surface area contributed by atoms with E-state index in [9.17, 15) is 9.59 Å². The van der Waals surface area contributed by atoms with Crippen LogP contribution < -0.4 is 19.7 Å². The van der Waals surface area contributed by atoms with Crippen molar-refractivity contribution >= 4 is 34.7 Å². The van der Waals surface area contributed by atoms with E-state index in [0.29, 0.717) is 22.9 Å². The van der Waals surface area contributed by atoms with E-state index in [1.807, 2.05) is 54.6 Å². The SMILES string of the molecule is COc1ccc(C2C=C3Nc4ccccc4N(C(C)=O)C(c4ccc(Cl)cc4)C3C(=O)C2)cc1OC. The quantitative estimate of drug-likeness (QED) is 0.464. The predicted octanol–water partition coefficient (Wildman–Crippen LogP) is 6.13. The first-order chi connectivity index (χ1) is 17.4. The second-order valence-electron chi connectivity index (χ2n) is 9.02. The van der Waals surface area contributed by atoms with E-state index in [1.54, 1.807) is 31.3 Å². The largest absolute Gasteiger partial charge is 0.493 e. The van der Waals surface area contributed by atoms with Gasteiger partial charge in [-0.15, -0.1) is 0 Å². The Bertz CT molecular complexity index is 1350. The topological polar surface area (TPSA) is 67.9 Å². The molecule has 36 heavy (non-hydrogen) atoms. The smallest absolute Gasteiger partial charge is 0.224 e. The van der Waals surface area contributed by atoms with Crippen LogP contribution in [0.5, 0.6) is 11.5 Å². The molecule has 3 aromatic rings. The van der Waals surface area contributed by atoms with Gasteiger partial charge >= 0.3 is 0 Å². The molecular weight excluding hydrogens is 476 g/mol. The first-order valence-electron chi connectivity index (χ1n) is 11.8. The van der Waals surface area contributed by atoms with E-state index >= 15 is 0 Å². The molecular formula is C29H27ClN2O4. The highest BCUT2D eigenvalue weighted by Crippen LogP contribution is 2.48. The Morgan fingerprint density at radius 3 is 2.36 bits per heavy atom. The number of halogens is 1. The highest BCUT2D eigenvalue weighted by Gasteiger charge is 2.44. The third kappa shape index (κ3) is 4.22. The van der Waals surface area contributed by atoms with E-state index in [2.05, 4.69) is 11.4 Å². The fourth-order valence-corrected chi connectivity index (χ4v) is 5.40. The first-order valence-corrected chi connectivity index (χ1v) is 12.2.